The minimum atomic E-state index is -0.267. The van der Waals surface area contributed by atoms with Crippen molar-refractivity contribution in [1.29, 1.82) is 0 Å². The van der Waals surface area contributed by atoms with Crippen molar-refractivity contribution in [3.05, 3.63) is 68.0 Å². The highest BCUT2D eigenvalue weighted by Gasteiger charge is 2.26. The third kappa shape index (κ3) is 2.73. The lowest BCUT2D eigenvalue weighted by molar-refractivity contribution is 0.479. The van der Waals surface area contributed by atoms with Gasteiger partial charge in [0, 0.05) is 24.2 Å². The Morgan fingerprint density at radius 2 is 1.85 bits per heavy atom. The smallest absolute Gasteiger partial charge is 0.271 e. The lowest BCUT2D eigenvalue weighted by Gasteiger charge is -2.25. The third-order valence-corrected chi connectivity index (χ3v) is 5.62. The Balaban J connectivity index is 2.16. The number of hydrogen-bond acceptors (Lipinski definition) is 3. The second kappa shape index (κ2) is 6.48. The van der Waals surface area contributed by atoms with Crippen molar-refractivity contribution in [3.63, 3.8) is 0 Å². The van der Waals surface area contributed by atoms with E-state index in [-0.39, 0.29) is 22.3 Å². The normalized spacial score (nSPS) is 16.7. The Morgan fingerprint density at radius 1 is 1.15 bits per heavy atom. The first-order chi connectivity index (χ1) is 12.9. The zero-order valence-electron chi connectivity index (χ0n) is 16.3. The lowest BCUT2D eigenvalue weighted by Crippen LogP contribution is -2.34. The van der Waals surface area contributed by atoms with Crippen molar-refractivity contribution >= 4 is 11.0 Å². The molecule has 0 saturated carbocycles. The lowest BCUT2D eigenvalue weighted by atomic mass is 9.87. The highest BCUT2D eigenvalue weighted by molar-refractivity contribution is 5.76. The van der Waals surface area contributed by atoms with E-state index in [0.29, 0.717) is 17.4 Å². The first-order valence-electron chi connectivity index (χ1n) is 9.63. The summed E-state index contributed by atoms with van der Waals surface area (Å²) in [6.45, 7) is 6.25. The molecular formula is C22H25N3O2. The largest absolute Gasteiger partial charge is 0.332 e. The van der Waals surface area contributed by atoms with Gasteiger partial charge in [0.2, 0.25) is 0 Å². The van der Waals surface area contributed by atoms with Gasteiger partial charge in [-0.1, -0.05) is 39.0 Å². The van der Waals surface area contributed by atoms with E-state index in [1.807, 2.05) is 55.8 Å². The summed E-state index contributed by atoms with van der Waals surface area (Å²) in [6, 6.07) is 9.45. The molecule has 0 aliphatic heterocycles. The third-order valence-electron chi connectivity index (χ3n) is 5.62. The highest BCUT2D eigenvalue weighted by Crippen LogP contribution is 2.25. The van der Waals surface area contributed by atoms with Crippen LogP contribution in [0.1, 0.15) is 50.2 Å². The molecule has 0 N–H and O–H groups in total. The number of hydrogen-bond donors (Lipinski definition) is 0. The average molecular weight is 363 g/mol. The molecule has 140 valence electrons. The van der Waals surface area contributed by atoms with Crippen molar-refractivity contribution in [2.24, 2.45) is 13.0 Å². The summed E-state index contributed by atoms with van der Waals surface area (Å²) in [5, 5.41) is 0.207. The molecule has 3 aromatic rings. The standard InChI is InChI=1S/C22H25N3O2/c1-13(2)20-23-21-18(22(27)25(20)15-8-6-5-7-9-15)19(26)16-11-10-14(3)12-17(16)24(21)4/h5-9,13-14H,10-12H2,1-4H3. The van der Waals surface area contributed by atoms with E-state index in [4.69, 9.17) is 4.98 Å². The number of rotatable bonds is 2. The van der Waals surface area contributed by atoms with Gasteiger partial charge in [-0.2, -0.15) is 0 Å². The Hall–Kier alpha value is -2.69. The Labute approximate surface area is 158 Å². The van der Waals surface area contributed by atoms with Crippen LogP contribution in [0.15, 0.2) is 39.9 Å². The second-order valence-corrected chi connectivity index (χ2v) is 7.96. The Bertz CT molecular complexity index is 1140. The van der Waals surface area contributed by atoms with E-state index < -0.39 is 0 Å². The van der Waals surface area contributed by atoms with E-state index in [2.05, 4.69) is 6.92 Å². The minimum Gasteiger partial charge on any atom is -0.332 e. The molecule has 0 saturated heterocycles. The molecule has 1 atom stereocenters. The summed E-state index contributed by atoms with van der Waals surface area (Å²) < 4.78 is 3.58. The van der Waals surface area contributed by atoms with Crippen LogP contribution in [0.3, 0.4) is 0 Å². The van der Waals surface area contributed by atoms with Crippen LogP contribution >= 0.6 is 0 Å². The highest BCUT2D eigenvalue weighted by atomic mass is 16.1. The fourth-order valence-electron chi connectivity index (χ4n) is 4.13. The molecule has 0 spiro atoms. The molecule has 0 amide bonds. The monoisotopic (exact) mass is 363 g/mol. The number of aryl methyl sites for hydroxylation is 1. The van der Waals surface area contributed by atoms with Crippen LogP contribution in [-0.4, -0.2) is 14.1 Å². The van der Waals surface area contributed by atoms with Gasteiger partial charge in [0.15, 0.2) is 11.1 Å². The van der Waals surface area contributed by atoms with E-state index in [1.165, 1.54) is 0 Å². The molecule has 2 aromatic heterocycles. The van der Waals surface area contributed by atoms with Gasteiger partial charge in [-0.15, -0.1) is 0 Å². The van der Waals surface area contributed by atoms with Gasteiger partial charge >= 0.3 is 0 Å². The number of pyridine rings is 1. The maximum atomic E-state index is 13.5. The number of aromatic nitrogens is 3. The molecule has 1 aliphatic rings. The summed E-state index contributed by atoms with van der Waals surface area (Å²) in [5.74, 6) is 1.26. The van der Waals surface area contributed by atoms with Crippen LogP contribution in [0, 0.1) is 5.92 Å². The summed E-state index contributed by atoms with van der Waals surface area (Å²) in [5.41, 5.74) is 2.67. The zero-order chi connectivity index (χ0) is 19.3. The maximum absolute atomic E-state index is 13.5. The molecule has 0 fully saturated rings. The summed E-state index contributed by atoms with van der Waals surface area (Å²) in [4.78, 5) is 31.6. The van der Waals surface area contributed by atoms with Gasteiger partial charge < -0.3 is 4.57 Å². The molecule has 4 rings (SSSR count). The predicted octanol–water partition coefficient (Wildman–Crippen LogP) is 3.33. The zero-order valence-corrected chi connectivity index (χ0v) is 16.3. The minimum absolute atomic E-state index is 0.0485. The van der Waals surface area contributed by atoms with Crippen LogP contribution in [0.4, 0.5) is 0 Å². The quantitative estimate of drug-likeness (QED) is 0.702. The van der Waals surface area contributed by atoms with E-state index in [9.17, 15) is 9.59 Å². The number of benzene rings is 1. The molecule has 0 bridgehead atoms. The topological polar surface area (TPSA) is 56.9 Å². The fourth-order valence-corrected chi connectivity index (χ4v) is 4.13. The maximum Gasteiger partial charge on any atom is 0.271 e. The first-order valence-corrected chi connectivity index (χ1v) is 9.63. The molecule has 5 heteroatoms. The van der Waals surface area contributed by atoms with Crippen LogP contribution in [0.2, 0.25) is 0 Å². The van der Waals surface area contributed by atoms with Gasteiger partial charge in [0.1, 0.15) is 11.2 Å². The van der Waals surface area contributed by atoms with E-state index in [1.54, 1.807) is 4.57 Å². The molecule has 1 aromatic carbocycles. The van der Waals surface area contributed by atoms with Crippen molar-refractivity contribution in [3.8, 4) is 5.69 Å². The Morgan fingerprint density at radius 3 is 2.52 bits per heavy atom. The number of fused-ring (bicyclic) bond motifs is 2. The number of nitrogens with zero attached hydrogens (tertiary/aromatic N) is 3. The predicted molar refractivity (Wildman–Crippen MR) is 108 cm³/mol. The van der Waals surface area contributed by atoms with Gasteiger partial charge in [-0.05, 0) is 37.3 Å². The van der Waals surface area contributed by atoms with Crippen LogP contribution in [-0.2, 0) is 19.9 Å². The van der Waals surface area contributed by atoms with Crippen LogP contribution in [0.5, 0.6) is 0 Å². The van der Waals surface area contributed by atoms with Crippen molar-refractivity contribution in [1.82, 2.24) is 14.1 Å². The van der Waals surface area contributed by atoms with Gasteiger partial charge in [-0.3, -0.25) is 14.2 Å². The SMILES string of the molecule is CC1CCc2c(n(C)c3nc(C(C)C)n(-c4ccccc4)c(=O)c3c2=O)C1. The van der Waals surface area contributed by atoms with Crippen molar-refractivity contribution in [2.75, 3.05) is 0 Å². The Kier molecular flexibility index (Phi) is 4.25. The van der Waals surface area contributed by atoms with Crippen molar-refractivity contribution in [2.45, 2.75) is 46.0 Å². The molecule has 1 aliphatic carbocycles. The molecule has 5 nitrogen and oxygen atoms in total. The first kappa shape index (κ1) is 17.7. The van der Waals surface area contributed by atoms with E-state index in [0.717, 1.165) is 36.2 Å². The van der Waals surface area contributed by atoms with Crippen LogP contribution in [0.25, 0.3) is 16.7 Å². The molecule has 0 radical (unpaired) electrons. The van der Waals surface area contributed by atoms with Crippen LogP contribution < -0.4 is 11.0 Å². The average Bonchev–Trinajstić information content (AvgIpc) is 2.65. The van der Waals surface area contributed by atoms with Gasteiger partial charge in [-0.25, -0.2) is 4.98 Å². The summed E-state index contributed by atoms with van der Waals surface area (Å²) in [7, 11) is 1.93. The molecule has 2 heterocycles. The summed E-state index contributed by atoms with van der Waals surface area (Å²) >= 11 is 0. The number of para-hydroxylation sites is 1. The molecular weight excluding hydrogens is 338 g/mol. The second-order valence-electron chi connectivity index (χ2n) is 7.96. The summed E-state index contributed by atoms with van der Waals surface area (Å²) in [6.07, 6.45) is 2.57. The molecule has 1 unspecified atom stereocenters. The van der Waals surface area contributed by atoms with E-state index >= 15 is 0 Å². The van der Waals surface area contributed by atoms with Gasteiger partial charge in [0.25, 0.3) is 5.56 Å². The molecule has 27 heavy (non-hydrogen) atoms. The fraction of sp³-hybridized carbons (Fsp3) is 0.409. The van der Waals surface area contributed by atoms with Gasteiger partial charge in [0.05, 0.1) is 5.69 Å². The van der Waals surface area contributed by atoms with Crippen molar-refractivity contribution < 1.29 is 0 Å².